The Morgan fingerprint density at radius 3 is 1.81 bits per heavy atom. The first kappa shape index (κ1) is 83.8. The van der Waals surface area contributed by atoms with E-state index in [-0.39, 0.29) is 94.1 Å². The van der Waals surface area contributed by atoms with Gasteiger partial charge in [0, 0.05) is 92.4 Å². The van der Waals surface area contributed by atoms with Crippen molar-refractivity contribution in [1.29, 1.82) is 0 Å². The number of aliphatic hydroxyl groups is 2. The highest BCUT2D eigenvalue weighted by molar-refractivity contribution is 7.94. The van der Waals surface area contributed by atoms with Crippen molar-refractivity contribution in [3.8, 4) is 5.75 Å². The van der Waals surface area contributed by atoms with E-state index in [2.05, 4.69) is 65.0 Å². The Kier molecular flexibility index (Phi) is 29.3. The molecule has 0 radical (unpaired) electrons. The zero-order valence-electron chi connectivity index (χ0n) is 62.5. The number of hydrogen-bond acceptors (Lipinski definition) is 17. The maximum atomic E-state index is 14.7. The van der Waals surface area contributed by atoms with E-state index in [0.717, 1.165) is 126 Å². The van der Waals surface area contributed by atoms with Gasteiger partial charge in [0.15, 0.2) is 0 Å². The van der Waals surface area contributed by atoms with Gasteiger partial charge in [-0.3, -0.25) is 9.59 Å². The Labute approximate surface area is 603 Å². The van der Waals surface area contributed by atoms with Gasteiger partial charge in [-0.15, -0.1) is 12.4 Å². The first-order valence-electron chi connectivity index (χ1n) is 36.2. The van der Waals surface area contributed by atoms with Crippen LogP contribution >= 0.6 is 24.0 Å². The second-order valence-electron chi connectivity index (χ2n) is 33.2. The lowest BCUT2D eigenvalue weighted by Gasteiger charge is -2.46. The van der Waals surface area contributed by atoms with Gasteiger partial charge in [0.2, 0.25) is 0 Å². The number of carbonyl (C=O) groups excluding carboxylic acids is 4. The van der Waals surface area contributed by atoms with Gasteiger partial charge in [-0.2, -0.15) is 4.36 Å². The second kappa shape index (κ2) is 34.6. The molecule has 6 atom stereocenters. The number of Topliss-reactive ketones (excluding diaryl/α,β-unsaturated/α-hetero) is 1. The number of benzene rings is 2. The molecule has 1 unspecified atom stereocenters. The number of nitrogens with one attached hydrogen (secondary N) is 2. The van der Waals surface area contributed by atoms with Crippen molar-refractivity contribution >= 4 is 63.3 Å². The third kappa shape index (κ3) is 25.0. The van der Waals surface area contributed by atoms with E-state index in [1.807, 2.05) is 94.4 Å². The van der Waals surface area contributed by atoms with E-state index in [9.17, 15) is 28.5 Å². The summed E-state index contributed by atoms with van der Waals surface area (Å²) in [4.78, 5) is 52.7. The highest BCUT2D eigenvalue weighted by Crippen LogP contribution is 2.48. The Balaban J connectivity index is 0.000000263. The van der Waals surface area contributed by atoms with Crippen LogP contribution in [0.25, 0.3) is 0 Å². The first-order chi connectivity index (χ1) is 45.6. The smallest absolute Gasteiger partial charge is 0.407 e. The molecular weight excluding hydrogens is 1320 g/mol. The fourth-order valence-corrected chi connectivity index (χ4v) is 18.6. The molecule has 0 saturated heterocycles. The monoisotopic (exact) mass is 1450 g/mol. The van der Waals surface area contributed by atoms with Crippen LogP contribution in [0.5, 0.6) is 5.75 Å². The molecule has 3 amide bonds. The largest absolute Gasteiger partial charge is 0.490 e. The van der Waals surface area contributed by atoms with Gasteiger partial charge >= 0.3 is 12.2 Å². The number of ether oxygens (including phenoxy) is 7. The van der Waals surface area contributed by atoms with Gasteiger partial charge < -0.3 is 70.4 Å². The number of rotatable bonds is 13. The molecule has 11 rings (SSSR count). The van der Waals surface area contributed by atoms with Crippen LogP contribution in [0.4, 0.5) is 15.3 Å². The van der Waals surface area contributed by atoms with E-state index < -0.39 is 44.1 Å². The molecule has 2 aromatic rings. The Bertz CT molecular complexity index is 3160. The SMILES string of the molecule is CC1(O)CC(N)C1.CC1(O)CC(NC(=O)OC(C)(C)C)C1.CCOC1(C)CC(CC(=O)C[S@@]2(=O)=NC(=O)c3ccc4c(c3)N(C[C@@H]3CC[C@H]3C(OC)/C=C/C[C@H](C)C2)C[C@@]2(CCCc3cc(Cl)ccc32)CO4)C1.CCOC1(C)CC(N)C1.CCOC1(C)CC(NC(=O)OC(C)(C)C)C1.Cl. The molecule has 1 spiro atoms. The van der Waals surface area contributed by atoms with Gasteiger partial charge in [-0.25, -0.2) is 13.8 Å². The molecule has 8 N–H and O–H groups in total. The highest BCUT2D eigenvalue weighted by Gasteiger charge is 2.47. The van der Waals surface area contributed by atoms with Crippen LogP contribution in [0.15, 0.2) is 52.9 Å². The maximum absolute atomic E-state index is 14.7. The minimum absolute atomic E-state index is 0. The van der Waals surface area contributed by atoms with Crippen LogP contribution in [-0.4, -0.2) is 166 Å². The van der Waals surface area contributed by atoms with Crippen molar-refractivity contribution in [3.63, 3.8) is 0 Å². The Hall–Kier alpha value is -4.13. The summed E-state index contributed by atoms with van der Waals surface area (Å²) in [5.41, 5.74) is 12.5. The molecule has 9 aliphatic rings. The van der Waals surface area contributed by atoms with Gasteiger partial charge in [0.25, 0.3) is 5.91 Å². The number of amides is 3. The number of hydrogen-bond donors (Lipinski definition) is 6. The lowest BCUT2D eigenvalue weighted by molar-refractivity contribution is -0.129. The van der Waals surface area contributed by atoms with E-state index >= 15 is 0 Å². The van der Waals surface area contributed by atoms with Gasteiger partial charge in [0.1, 0.15) is 22.7 Å². The number of allylic oxidation sites excluding steroid dienone is 1. The number of aryl methyl sites for hydroxylation is 1. The molecule has 0 aromatic heterocycles. The summed E-state index contributed by atoms with van der Waals surface area (Å²) in [6, 6.07) is 12.7. The first-order valence-corrected chi connectivity index (χ1v) is 38.5. The minimum atomic E-state index is -3.19. The summed E-state index contributed by atoms with van der Waals surface area (Å²) >= 11 is 6.47. The highest BCUT2D eigenvalue weighted by atomic mass is 35.5. The van der Waals surface area contributed by atoms with E-state index in [1.165, 1.54) is 11.1 Å². The average Bonchev–Trinajstić information content (AvgIpc) is 1.70. The van der Waals surface area contributed by atoms with Crippen LogP contribution in [0, 0.1) is 23.7 Å². The number of fused-ring (bicyclic) bond motifs is 4. The van der Waals surface area contributed by atoms with E-state index in [4.69, 9.17) is 61.3 Å². The molecular formula is C76H124Cl2N6O14S. The van der Waals surface area contributed by atoms with Crippen LogP contribution in [0.1, 0.15) is 228 Å². The lowest BCUT2D eigenvalue weighted by atomic mass is 9.68. The lowest BCUT2D eigenvalue weighted by Crippen LogP contribution is -2.55. The molecule has 6 saturated carbocycles. The second-order valence-corrected chi connectivity index (χ2v) is 36.0. The molecule has 562 valence electrons. The summed E-state index contributed by atoms with van der Waals surface area (Å²) in [5, 5.41) is 24.7. The predicted molar refractivity (Wildman–Crippen MR) is 395 cm³/mol. The van der Waals surface area contributed by atoms with Crippen molar-refractivity contribution in [1.82, 2.24) is 10.6 Å². The van der Waals surface area contributed by atoms with Gasteiger partial charge in [0.05, 0.1) is 61.9 Å². The number of halogens is 2. The van der Waals surface area contributed by atoms with Crippen molar-refractivity contribution < 1.29 is 66.8 Å². The van der Waals surface area contributed by atoms with Crippen LogP contribution in [0.2, 0.25) is 5.02 Å². The van der Waals surface area contributed by atoms with Crippen molar-refractivity contribution in [2.75, 3.05) is 63.0 Å². The van der Waals surface area contributed by atoms with E-state index in [1.54, 1.807) is 20.1 Å². The Morgan fingerprint density at radius 1 is 0.768 bits per heavy atom. The molecule has 2 aliphatic heterocycles. The number of ketones is 1. The molecule has 2 aromatic carbocycles. The summed E-state index contributed by atoms with van der Waals surface area (Å²) in [5.74, 6) is 0.980. The van der Waals surface area contributed by atoms with Gasteiger partial charge in [-0.05, 0) is 265 Å². The summed E-state index contributed by atoms with van der Waals surface area (Å²) in [6.07, 6.45) is 17.9. The normalized spacial score (nSPS) is 35.2. The van der Waals surface area contributed by atoms with Gasteiger partial charge in [-0.1, -0.05) is 36.7 Å². The fraction of sp³-hybridized carbons (Fsp3) is 0.763. The number of carbonyl (C=O) groups is 4. The minimum Gasteiger partial charge on any atom is -0.490 e. The standard InChI is InChI=1S/C42H55ClN2O6S.C12H23NO3.C10H19NO3.C7H15NO.C5H11NO.ClH/c1-5-51-41(3)21-29(22-41)18-34(46)25-52(48)24-28(2)8-6-10-38(49-4)35-14-11-32(35)23-45-26-42(17-7-9-30-19-33(43)13-15-36(30)42)27-50-39-16-12-31(20-37(39)45)40(47)44-52;1-6-15-12(5)7-9(8-12)13-10(14)16-11(2,3)4;1-9(2,3)14-8(12)11-7-5-10(4,13)6-7;1-3-9-7(2)4-6(8)5-7;1-5(7)2-4(6)3-5;/h6,10,12-13,15-16,19-20,28-29,32,35,38H,5,7-9,11,14,17-18,21-27H2,1-4H3;9H,6-8H2,1-5H3,(H,13,14);7,13H,5-6H2,1-4H3,(H,11,12);6H,3-5,8H2,1-2H3;4,7H,2-3,6H2,1H3;1H/b10-6+;;;;;/t28-,29?,32-,35+,38?,41?,42-,52+;;;;;/m0...../s1. The quantitative estimate of drug-likeness (QED) is 0.102. The van der Waals surface area contributed by atoms with Crippen molar-refractivity contribution in [3.05, 3.63) is 70.3 Å². The number of alkyl carbamates (subject to hydrolysis) is 2. The number of nitrogens with two attached hydrogens (primary N) is 2. The molecule has 99 heavy (non-hydrogen) atoms. The van der Waals surface area contributed by atoms with Crippen LogP contribution < -0.4 is 31.7 Å². The third-order valence-corrected chi connectivity index (χ3v) is 22.9. The topological polar surface area (TPSA) is 282 Å². The van der Waals surface area contributed by atoms with Crippen molar-refractivity contribution in [2.24, 2.45) is 39.5 Å². The molecule has 7 aliphatic carbocycles. The maximum Gasteiger partial charge on any atom is 0.407 e. The third-order valence-electron chi connectivity index (χ3n) is 20.4. The molecule has 20 nitrogen and oxygen atoms in total. The van der Waals surface area contributed by atoms with E-state index in [0.29, 0.717) is 62.3 Å². The summed E-state index contributed by atoms with van der Waals surface area (Å²) < 4.78 is 59.0. The van der Waals surface area contributed by atoms with Crippen LogP contribution in [0.3, 0.4) is 0 Å². The molecule has 6 fully saturated rings. The zero-order chi connectivity index (χ0) is 72.5. The van der Waals surface area contributed by atoms with Crippen molar-refractivity contribution in [2.45, 2.75) is 288 Å². The predicted octanol–water partition coefficient (Wildman–Crippen LogP) is 13.3. The average molecular weight is 1450 g/mol. The summed E-state index contributed by atoms with van der Waals surface area (Å²) in [6.45, 7) is 33.2. The molecule has 23 heteroatoms. The number of anilines is 1. The number of methoxy groups -OCH3 is 1. The molecule has 2 bridgehead atoms. The molecule has 2 heterocycles. The Morgan fingerprint density at radius 2 is 1.31 bits per heavy atom. The zero-order valence-corrected chi connectivity index (χ0v) is 64.9. The fourth-order valence-electron chi connectivity index (χ4n) is 16.1. The van der Waals surface area contributed by atoms with Crippen LogP contribution in [-0.2, 0) is 54.8 Å². The number of nitrogens with zero attached hydrogens (tertiary/aromatic N) is 2. The summed E-state index contributed by atoms with van der Waals surface area (Å²) in [7, 11) is -1.40.